The summed E-state index contributed by atoms with van der Waals surface area (Å²) in [6.07, 6.45) is -2.82. The molecule has 2 fully saturated rings. The van der Waals surface area contributed by atoms with Crippen LogP contribution in [0.25, 0.3) is 0 Å². The van der Waals surface area contributed by atoms with E-state index in [-0.39, 0.29) is 47.7 Å². The molecule has 2 heterocycles. The van der Waals surface area contributed by atoms with Crippen LogP contribution in [0.5, 0.6) is 11.5 Å². The van der Waals surface area contributed by atoms with Gasteiger partial charge in [-0.1, -0.05) is 11.6 Å². The highest BCUT2D eigenvalue weighted by Crippen LogP contribution is 2.29. The zero-order valence-electron chi connectivity index (χ0n) is 21.0. The van der Waals surface area contributed by atoms with E-state index in [1.165, 1.54) is 6.07 Å². The predicted octanol–water partition coefficient (Wildman–Crippen LogP) is 4.22. The lowest BCUT2D eigenvalue weighted by atomic mass is 9.97. The highest BCUT2D eigenvalue weighted by atomic mass is 35.5. The first kappa shape index (κ1) is 29.9. The Hall–Kier alpha value is -3.12. The number of rotatable bonds is 9. The monoisotopic (exact) mass is 604 g/mol. The van der Waals surface area contributed by atoms with Crippen molar-refractivity contribution in [1.29, 1.82) is 5.26 Å². The van der Waals surface area contributed by atoms with Crippen LogP contribution in [-0.2, 0) is 16.8 Å². The van der Waals surface area contributed by atoms with Gasteiger partial charge in [0.15, 0.2) is 0 Å². The van der Waals surface area contributed by atoms with Gasteiger partial charge in [-0.3, -0.25) is 9.69 Å². The van der Waals surface area contributed by atoms with E-state index in [4.69, 9.17) is 16.3 Å². The van der Waals surface area contributed by atoms with Crippen LogP contribution in [0.1, 0.15) is 40.7 Å². The van der Waals surface area contributed by atoms with E-state index in [9.17, 15) is 36.0 Å². The molecule has 0 atom stereocenters. The van der Waals surface area contributed by atoms with E-state index in [0.29, 0.717) is 44.5 Å². The van der Waals surface area contributed by atoms with Crippen molar-refractivity contribution in [2.24, 2.45) is 5.92 Å². The molecule has 15 heteroatoms. The van der Waals surface area contributed by atoms with Crippen molar-refractivity contribution in [2.75, 3.05) is 32.8 Å². The molecule has 2 aliphatic heterocycles. The van der Waals surface area contributed by atoms with Crippen molar-refractivity contribution in [3.63, 3.8) is 0 Å². The minimum atomic E-state index is -4.82. The molecular weight excluding hydrogens is 580 g/mol. The Bertz CT molecular complexity index is 1410. The number of alkyl halides is 3. The number of amides is 1. The van der Waals surface area contributed by atoms with Crippen molar-refractivity contribution in [2.45, 2.75) is 32.2 Å². The van der Waals surface area contributed by atoms with Crippen LogP contribution in [-0.4, -0.2) is 62.7 Å². The maximum absolute atomic E-state index is 14.7. The number of nitriles is 1. The van der Waals surface area contributed by atoms with Crippen molar-refractivity contribution in [1.82, 2.24) is 13.9 Å². The van der Waals surface area contributed by atoms with E-state index >= 15 is 0 Å². The van der Waals surface area contributed by atoms with Gasteiger partial charge in [-0.2, -0.15) is 18.0 Å². The largest absolute Gasteiger partial charge is 0.573 e. The molecule has 0 bridgehead atoms. The number of halogens is 5. The Balaban J connectivity index is 1.31. The molecule has 1 N–H and O–H groups in total. The van der Waals surface area contributed by atoms with Crippen molar-refractivity contribution >= 4 is 27.7 Å². The number of carbonyl (C=O) groups excluding carboxylic acids is 1. The van der Waals surface area contributed by atoms with E-state index in [1.807, 2.05) is 15.7 Å². The molecule has 2 aliphatic rings. The summed E-state index contributed by atoms with van der Waals surface area (Å²) in [6.45, 7) is 2.28. The van der Waals surface area contributed by atoms with Gasteiger partial charge in [0.2, 0.25) is 0 Å². The van der Waals surface area contributed by atoms with Crippen LogP contribution >= 0.6 is 11.6 Å². The summed E-state index contributed by atoms with van der Waals surface area (Å²) >= 11 is 5.95. The van der Waals surface area contributed by atoms with Crippen molar-refractivity contribution < 1.29 is 40.2 Å². The molecule has 0 aromatic heterocycles. The standard InChI is InChI=1S/C25H25ClF4N4O5S/c26-19-8-17(9-20(11-19)39-25(28,29)30)14-33-6-2-16(3-7-33)15-38-23-12-22(27)21(10-18(23)13-31)24(35)32-40(36,37)34-4-1-5-34/h8-12,16H,1-7,14-15H2,(H,32,35). The zero-order chi connectivity index (χ0) is 29.1. The van der Waals surface area contributed by atoms with Gasteiger partial charge in [0.1, 0.15) is 23.4 Å². The number of benzene rings is 2. The van der Waals surface area contributed by atoms with Crippen LogP contribution in [0.2, 0.25) is 5.02 Å². The second kappa shape index (κ2) is 12.2. The highest BCUT2D eigenvalue weighted by Gasteiger charge is 2.32. The lowest BCUT2D eigenvalue weighted by Crippen LogP contribution is -2.49. The Morgan fingerprint density at radius 3 is 2.42 bits per heavy atom. The minimum absolute atomic E-state index is 0.0546. The Morgan fingerprint density at radius 1 is 1.12 bits per heavy atom. The number of nitrogens with one attached hydrogen (secondary N) is 1. The summed E-state index contributed by atoms with van der Waals surface area (Å²) in [5.74, 6) is -2.62. The molecule has 0 unspecified atom stereocenters. The first-order valence-electron chi connectivity index (χ1n) is 12.3. The minimum Gasteiger partial charge on any atom is -0.492 e. The first-order valence-corrected chi connectivity index (χ1v) is 14.1. The quantitative estimate of drug-likeness (QED) is 0.427. The summed E-state index contributed by atoms with van der Waals surface area (Å²) in [6, 6.07) is 7.63. The third kappa shape index (κ3) is 7.75. The fourth-order valence-corrected chi connectivity index (χ4v) is 5.84. The third-order valence-corrected chi connectivity index (χ3v) is 8.27. The maximum atomic E-state index is 14.7. The van der Waals surface area contributed by atoms with Gasteiger partial charge in [0.05, 0.1) is 17.7 Å². The number of likely N-dealkylation sites (tertiary alicyclic amines) is 1. The van der Waals surface area contributed by atoms with Gasteiger partial charge in [-0.05, 0) is 68.1 Å². The second-order valence-corrected chi connectivity index (χ2v) is 11.6. The number of nitrogens with zero attached hydrogens (tertiary/aromatic N) is 3. The summed E-state index contributed by atoms with van der Waals surface area (Å²) in [7, 11) is -4.09. The van der Waals surface area contributed by atoms with Crippen LogP contribution < -0.4 is 14.2 Å². The van der Waals surface area contributed by atoms with Crippen molar-refractivity contribution in [3.8, 4) is 17.6 Å². The molecule has 1 amide bonds. The van der Waals surface area contributed by atoms with Gasteiger partial charge < -0.3 is 9.47 Å². The lowest BCUT2D eigenvalue weighted by Gasteiger charge is -2.32. The molecule has 0 aliphatic carbocycles. The molecule has 0 saturated carbocycles. The van der Waals surface area contributed by atoms with Gasteiger partial charge in [0.25, 0.3) is 5.91 Å². The number of hydrogen-bond donors (Lipinski definition) is 1. The van der Waals surface area contributed by atoms with Gasteiger partial charge in [-0.15, -0.1) is 13.2 Å². The normalized spacial score (nSPS) is 17.1. The van der Waals surface area contributed by atoms with Gasteiger partial charge >= 0.3 is 16.6 Å². The molecule has 4 rings (SSSR count). The van der Waals surface area contributed by atoms with Crippen LogP contribution in [0.15, 0.2) is 30.3 Å². The molecule has 0 spiro atoms. The molecule has 216 valence electrons. The Morgan fingerprint density at radius 2 is 1.82 bits per heavy atom. The molecule has 40 heavy (non-hydrogen) atoms. The number of piperidine rings is 1. The van der Waals surface area contributed by atoms with Crippen molar-refractivity contribution in [3.05, 3.63) is 57.9 Å². The molecular formula is C25H25ClF4N4O5S. The predicted molar refractivity (Wildman–Crippen MR) is 135 cm³/mol. The molecule has 2 saturated heterocycles. The first-order chi connectivity index (χ1) is 18.8. The van der Waals surface area contributed by atoms with E-state index in [2.05, 4.69) is 4.74 Å². The smallest absolute Gasteiger partial charge is 0.492 e. The molecule has 2 aromatic carbocycles. The zero-order valence-corrected chi connectivity index (χ0v) is 22.6. The molecule has 9 nitrogen and oxygen atoms in total. The van der Waals surface area contributed by atoms with E-state index in [0.717, 1.165) is 22.5 Å². The summed E-state index contributed by atoms with van der Waals surface area (Å²) in [4.78, 5) is 14.4. The number of ether oxygens (including phenoxy) is 2. The number of hydrogen-bond acceptors (Lipinski definition) is 7. The number of carbonyl (C=O) groups is 1. The Kier molecular flexibility index (Phi) is 9.09. The Labute approximate surface area is 233 Å². The fraction of sp³-hybridized carbons (Fsp3) is 0.440. The van der Waals surface area contributed by atoms with Gasteiger partial charge in [-0.25, -0.2) is 9.11 Å². The van der Waals surface area contributed by atoms with E-state index in [1.54, 1.807) is 6.07 Å². The van der Waals surface area contributed by atoms with E-state index < -0.39 is 33.9 Å². The lowest BCUT2D eigenvalue weighted by molar-refractivity contribution is -0.274. The topological polar surface area (TPSA) is 112 Å². The average molecular weight is 605 g/mol. The maximum Gasteiger partial charge on any atom is 0.573 e. The highest BCUT2D eigenvalue weighted by molar-refractivity contribution is 7.87. The summed E-state index contributed by atoms with van der Waals surface area (Å²) in [5, 5.41) is 9.63. The third-order valence-electron chi connectivity index (χ3n) is 6.56. The fourth-order valence-electron chi connectivity index (χ4n) is 4.38. The van der Waals surface area contributed by atoms with Crippen LogP contribution in [0.3, 0.4) is 0 Å². The summed E-state index contributed by atoms with van der Waals surface area (Å²) < 4.78 is 89.2. The average Bonchev–Trinajstić information content (AvgIpc) is 2.80. The molecule has 2 aromatic rings. The molecule has 0 radical (unpaired) electrons. The second-order valence-electron chi connectivity index (χ2n) is 9.50. The van der Waals surface area contributed by atoms with Gasteiger partial charge in [0, 0.05) is 30.7 Å². The summed E-state index contributed by atoms with van der Waals surface area (Å²) in [5.41, 5.74) is -0.147. The van der Waals surface area contributed by atoms with Crippen LogP contribution in [0.4, 0.5) is 17.6 Å². The van der Waals surface area contributed by atoms with Crippen LogP contribution in [0, 0.1) is 23.1 Å². The SMILES string of the molecule is N#Cc1cc(C(=O)NS(=O)(=O)N2CCC2)c(F)cc1OCC1CCN(Cc2cc(Cl)cc(OC(F)(F)F)c2)CC1.